The molecular weight excluding hydrogens is 316 g/mol. The highest BCUT2D eigenvalue weighted by molar-refractivity contribution is 5.83. The van der Waals surface area contributed by atoms with Crippen LogP contribution in [0.2, 0.25) is 0 Å². The van der Waals surface area contributed by atoms with Crippen LogP contribution in [0.1, 0.15) is 29.7 Å². The maximum absolute atomic E-state index is 12.2. The second-order valence-electron chi connectivity index (χ2n) is 6.42. The monoisotopic (exact) mass is 338 g/mol. The van der Waals surface area contributed by atoms with E-state index in [1.54, 1.807) is 0 Å². The predicted octanol–water partition coefficient (Wildman–Crippen LogP) is 3.10. The van der Waals surface area contributed by atoms with Gasteiger partial charge < -0.3 is 15.4 Å². The average Bonchev–Trinajstić information content (AvgIpc) is 2.89. The van der Waals surface area contributed by atoms with Gasteiger partial charge in [-0.05, 0) is 18.1 Å². The van der Waals surface area contributed by atoms with Crippen LogP contribution in [0.25, 0.3) is 0 Å². The summed E-state index contributed by atoms with van der Waals surface area (Å²) in [7, 11) is 0. The van der Waals surface area contributed by atoms with E-state index in [4.69, 9.17) is 4.74 Å². The molecule has 2 aromatic rings. The van der Waals surface area contributed by atoms with E-state index in [-0.39, 0.29) is 30.5 Å². The third-order valence-electron chi connectivity index (χ3n) is 4.51. The van der Waals surface area contributed by atoms with E-state index in [1.807, 2.05) is 68.4 Å². The van der Waals surface area contributed by atoms with Crippen LogP contribution in [0.15, 0.2) is 54.6 Å². The van der Waals surface area contributed by atoms with Gasteiger partial charge in [-0.2, -0.15) is 0 Å². The number of carbonyl (C=O) groups is 2. The number of carbonyl (C=O) groups excluding carboxylic acids is 2. The van der Waals surface area contributed by atoms with Gasteiger partial charge in [-0.3, -0.25) is 4.79 Å². The van der Waals surface area contributed by atoms with E-state index in [0.29, 0.717) is 0 Å². The van der Waals surface area contributed by atoms with Crippen molar-refractivity contribution < 1.29 is 14.3 Å². The van der Waals surface area contributed by atoms with E-state index in [2.05, 4.69) is 10.6 Å². The van der Waals surface area contributed by atoms with Crippen LogP contribution in [-0.2, 0) is 16.1 Å². The highest BCUT2D eigenvalue weighted by atomic mass is 16.5. The van der Waals surface area contributed by atoms with Crippen LogP contribution >= 0.6 is 0 Å². The van der Waals surface area contributed by atoms with Crippen molar-refractivity contribution in [2.45, 2.75) is 32.5 Å². The van der Waals surface area contributed by atoms with Gasteiger partial charge in [0.15, 0.2) is 0 Å². The van der Waals surface area contributed by atoms with E-state index >= 15 is 0 Å². The quantitative estimate of drug-likeness (QED) is 0.900. The summed E-state index contributed by atoms with van der Waals surface area (Å²) in [5.74, 6) is -0.394. The lowest BCUT2D eigenvalue weighted by molar-refractivity contribution is -0.122. The van der Waals surface area contributed by atoms with E-state index in [0.717, 1.165) is 16.7 Å². The second-order valence-corrected chi connectivity index (χ2v) is 6.42. The molecule has 3 atom stereocenters. The summed E-state index contributed by atoms with van der Waals surface area (Å²) in [6.45, 7) is 4.01. The minimum absolute atomic E-state index is 0.0696. The summed E-state index contributed by atoms with van der Waals surface area (Å²) in [4.78, 5) is 24.3. The molecule has 0 aromatic heterocycles. The maximum Gasteiger partial charge on any atom is 0.407 e. The molecule has 2 amide bonds. The molecule has 0 radical (unpaired) electrons. The molecule has 130 valence electrons. The molecular formula is C20H22N2O3. The standard InChI is InChI=1S/C20H22N2O3/c1-13-7-6-10-16(11-13)18-17(14(2)19(23)21-18)22-20(24)25-12-15-8-4-3-5-9-15/h3-11,14,17-18H,12H2,1-2H3,(H,21,23)(H,22,24)/t14-,17+,18?/m1/s1. The zero-order valence-corrected chi connectivity index (χ0v) is 14.4. The fraction of sp³-hybridized carbons (Fsp3) is 0.300. The minimum Gasteiger partial charge on any atom is -0.445 e. The van der Waals surface area contributed by atoms with Crippen molar-refractivity contribution in [1.82, 2.24) is 10.6 Å². The predicted molar refractivity (Wildman–Crippen MR) is 94.8 cm³/mol. The van der Waals surface area contributed by atoms with Crippen molar-refractivity contribution in [2.24, 2.45) is 5.92 Å². The van der Waals surface area contributed by atoms with Crippen molar-refractivity contribution in [2.75, 3.05) is 0 Å². The van der Waals surface area contributed by atoms with Crippen LogP contribution in [-0.4, -0.2) is 18.0 Å². The van der Waals surface area contributed by atoms with Crippen LogP contribution < -0.4 is 10.6 Å². The molecule has 1 aliphatic rings. The fourth-order valence-corrected chi connectivity index (χ4v) is 3.09. The van der Waals surface area contributed by atoms with Gasteiger partial charge in [0.1, 0.15) is 6.61 Å². The molecule has 0 saturated carbocycles. The first kappa shape index (κ1) is 17.0. The molecule has 1 unspecified atom stereocenters. The lowest BCUT2D eigenvalue weighted by atomic mass is 9.94. The Morgan fingerprint density at radius 1 is 1.16 bits per heavy atom. The Balaban J connectivity index is 1.67. The van der Waals surface area contributed by atoms with Crippen LogP contribution in [0, 0.1) is 12.8 Å². The molecule has 3 rings (SSSR count). The van der Waals surface area contributed by atoms with E-state index in [1.165, 1.54) is 0 Å². The highest BCUT2D eigenvalue weighted by Gasteiger charge is 2.41. The number of amides is 2. The number of rotatable bonds is 4. The number of alkyl carbamates (subject to hydrolysis) is 1. The van der Waals surface area contributed by atoms with Crippen molar-refractivity contribution in [3.63, 3.8) is 0 Å². The highest BCUT2D eigenvalue weighted by Crippen LogP contribution is 2.29. The molecule has 1 saturated heterocycles. The summed E-state index contributed by atoms with van der Waals surface area (Å²) in [6.07, 6.45) is -0.519. The van der Waals surface area contributed by atoms with Crippen molar-refractivity contribution in [3.05, 3.63) is 71.3 Å². The van der Waals surface area contributed by atoms with Crippen LogP contribution in [0.3, 0.4) is 0 Å². The number of aryl methyl sites for hydroxylation is 1. The Bertz CT molecular complexity index is 761. The fourth-order valence-electron chi connectivity index (χ4n) is 3.09. The molecule has 1 aliphatic heterocycles. The van der Waals surface area contributed by atoms with Crippen LogP contribution in [0.4, 0.5) is 4.79 Å². The lowest BCUT2D eigenvalue weighted by Crippen LogP contribution is -2.41. The molecule has 2 aromatic carbocycles. The van der Waals surface area contributed by atoms with Gasteiger partial charge in [-0.15, -0.1) is 0 Å². The molecule has 0 aliphatic carbocycles. The van der Waals surface area contributed by atoms with E-state index in [9.17, 15) is 9.59 Å². The third kappa shape index (κ3) is 3.99. The first-order chi connectivity index (χ1) is 12.0. The third-order valence-corrected chi connectivity index (χ3v) is 4.51. The Hall–Kier alpha value is -2.82. The van der Waals surface area contributed by atoms with Gasteiger partial charge >= 0.3 is 6.09 Å². The van der Waals surface area contributed by atoms with Crippen molar-refractivity contribution in [3.8, 4) is 0 Å². The Kier molecular flexibility index (Phi) is 5.03. The number of ether oxygens (including phenoxy) is 1. The van der Waals surface area contributed by atoms with Crippen molar-refractivity contribution in [1.29, 1.82) is 0 Å². The summed E-state index contributed by atoms with van der Waals surface area (Å²) in [5.41, 5.74) is 3.00. The van der Waals surface area contributed by atoms with E-state index < -0.39 is 6.09 Å². The second kappa shape index (κ2) is 7.38. The number of benzene rings is 2. The normalized spacial score (nSPS) is 22.3. The van der Waals surface area contributed by atoms with Crippen LogP contribution in [0.5, 0.6) is 0 Å². The molecule has 0 spiro atoms. The van der Waals surface area contributed by atoms with Gasteiger partial charge in [-0.1, -0.05) is 67.1 Å². The first-order valence-corrected chi connectivity index (χ1v) is 8.39. The molecule has 5 nitrogen and oxygen atoms in total. The lowest BCUT2D eigenvalue weighted by Gasteiger charge is -2.22. The zero-order chi connectivity index (χ0) is 17.8. The smallest absolute Gasteiger partial charge is 0.407 e. The largest absolute Gasteiger partial charge is 0.445 e. The SMILES string of the molecule is Cc1cccc(C2NC(=O)[C@H](C)[C@@H]2NC(=O)OCc2ccccc2)c1. The molecule has 0 bridgehead atoms. The topological polar surface area (TPSA) is 67.4 Å². The number of nitrogens with one attached hydrogen (secondary N) is 2. The number of hydrogen-bond acceptors (Lipinski definition) is 3. The van der Waals surface area contributed by atoms with Gasteiger partial charge in [0.25, 0.3) is 0 Å². The molecule has 2 N–H and O–H groups in total. The maximum atomic E-state index is 12.2. The molecule has 5 heteroatoms. The Labute approximate surface area is 147 Å². The summed E-state index contributed by atoms with van der Waals surface area (Å²) in [6, 6.07) is 16.8. The first-order valence-electron chi connectivity index (χ1n) is 8.39. The Morgan fingerprint density at radius 2 is 1.92 bits per heavy atom. The Morgan fingerprint density at radius 3 is 2.64 bits per heavy atom. The summed E-state index contributed by atoms with van der Waals surface area (Å²) in [5, 5.41) is 5.82. The molecule has 1 heterocycles. The van der Waals surface area contributed by atoms with Crippen molar-refractivity contribution >= 4 is 12.0 Å². The molecule has 1 fully saturated rings. The average molecular weight is 338 g/mol. The van der Waals surface area contributed by atoms with Gasteiger partial charge in [-0.25, -0.2) is 4.79 Å². The summed E-state index contributed by atoms with van der Waals surface area (Å²) < 4.78 is 5.29. The van der Waals surface area contributed by atoms with Gasteiger partial charge in [0.2, 0.25) is 5.91 Å². The molecule has 25 heavy (non-hydrogen) atoms. The summed E-state index contributed by atoms with van der Waals surface area (Å²) >= 11 is 0. The minimum atomic E-state index is -0.519. The zero-order valence-electron chi connectivity index (χ0n) is 14.4. The van der Waals surface area contributed by atoms with Gasteiger partial charge in [0, 0.05) is 0 Å². The number of hydrogen-bond donors (Lipinski definition) is 2. The van der Waals surface area contributed by atoms with Gasteiger partial charge in [0.05, 0.1) is 18.0 Å².